The van der Waals surface area contributed by atoms with E-state index in [-0.39, 0.29) is 0 Å². The van der Waals surface area contributed by atoms with Crippen molar-refractivity contribution >= 4 is 21.6 Å². The van der Waals surface area contributed by atoms with E-state index in [0.717, 1.165) is 17.6 Å². The molecule has 1 aliphatic rings. The Hall–Kier alpha value is -0.540. The summed E-state index contributed by atoms with van der Waals surface area (Å²) in [7, 11) is 0. The number of halogens is 1. The zero-order chi connectivity index (χ0) is 11.4. The molecule has 1 aromatic carbocycles. The zero-order valence-corrected chi connectivity index (χ0v) is 11.4. The van der Waals surface area contributed by atoms with E-state index in [0.29, 0.717) is 0 Å². The van der Waals surface area contributed by atoms with Gasteiger partial charge in [-0.05, 0) is 37.2 Å². The predicted octanol–water partition coefficient (Wildman–Crippen LogP) is 2.98. The number of anilines is 1. The number of hydrogen-bond donors (Lipinski definition) is 0. The molecule has 1 aromatic rings. The SMILES string of the molecule is CCCN1CCN(c2ccc(Br)cc2)CC1. The van der Waals surface area contributed by atoms with Gasteiger partial charge in [0.25, 0.3) is 0 Å². The van der Waals surface area contributed by atoms with E-state index in [4.69, 9.17) is 0 Å². The highest BCUT2D eigenvalue weighted by atomic mass is 79.9. The average Bonchev–Trinajstić information content (AvgIpc) is 2.32. The predicted molar refractivity (Wildman–Crippen MR) is 73.1 cm³/mol. The molecular formula is C13H19BrN2. The number of rotatable bonds is 3. The monoisotopic (exact) mass is 282 g/mol. The van der Waals surface area contributed by atoms with Crippen LogP contribution in [-0.2, 0) is 0 Å². The van der Waals surface area contributed by atoms with Gasteiger partial charge in [-0.3, -0.25) is 4.90 Å². The van der Waals surface area contributed by atoms with E-state index in [9.17, 15) is 0 Å². The maximum atomic E-state index is 3.47. The fourth-order valence-corrected chi connectivity index (χ4v) is 2.46. The first-order valence-electron chi connectivity index (χ1n) is 6.02. The molecule has 16 heavy (non-hydrogen) atoms. The Kier molecular flexibility index (Phi) is 4.24. The molecule has 0 spiro atoms. The van der Waals surface area contributed by atoms with E-state index < -0.39 is 0 Å². The van der Waals surface area contributed by atoms with Crippen LogP contribution in [0.15, 0.2) is 28.7 Å². The Bertz CT molecular complexity index is 315. The van der Waals surface area contributed by atoms with Crippen molar-refractivity contribution in [2.75, 3.05) is 37.6 Å². The molecule has 0 radical (unpaired) electrons. The van der Waals surface area contributed by atoms with Gasteiger partial charge >= 0.3 is 0 Å². The maximum absolute atomic E-state index is 3.47. The minimum Gasteiger partial charge on any atom is -0.369 e. The quantitative estimate of drug-likeness (QED) is 0.841. The molecule has 0 N–H and O–H groups in total. The molecule has 88 valence electrons. The molecule has 2 rings (SSSR count). The van der Waals surface area contributed by atoms with Crippen LogP contribution >= 0.6 is 15.9 Å². The minimum atomic E-state index is 1.15. The van der Waals surface area contributed by atoms with Crippen LogP contribution in [0, 0.1) is 0 Å². The van der Waals surface area contributed by atoms with Gasteiger partial charge in [-0.2, -0.15) is 0 Å². The van der Waals surface area contributed by atoms with Crippen molar-refractivity contribution in [1.82, 2.24) is 4.90 Å². The number of nitrogens with zero attached hydrogens (tertiary/aromatic N) is 2. The van der Waals surface area contributed by atoms with Gasteiger partial charge in [0.2, 0.25) is 0 Å². The van der Waals surface area contributed by atoms with Crippen molar-refractivity contribution < 1.29 is 0 Å². The Labute approximate surface area is 106 Å². The molecule has 2 nitrogen and oxygen atoms in total. The molecule has 3 heteroatoms. The van der Waals surface area contributed by atoms with Gasteiger partial charge < -0.3 is 4.90 Å². The summed E-state index contributed by atoms with van der Waals surface area (Å²) in [6.07, 6.45) is 1.26. The second-order valence-corrected chi connectivity index (χ2v) is 5.22. The topological polar surface area (TPSA) is 6.48 Å². The molecule has 0 atom stereocenters. The van der Waals surface area contributed by atoms with E-state index in [2.05, 4.69) is 56.9 Å². The standard InChI is InChI=1S/C13H19BrN2/c1-2-7-15-8-10-16(11-9-15)13-5-3-12(14)4-6-13/h3-6H,2,7-11H2,1H3. The lowest BCUT2D eigenvalue weighted by atomic mass is 10.2. The first-order valence-corrected chi connectivity index (χ1v) is 6.82. The van der Waals surface area contributed by atoms with Gasteiger partial charge in [0.15, 0.2) is 0 Å². The largest absolute Gasteiger partial charge is 0.369 e. The Morgan fingerprint density at radius 1 is 1.06 bits per heavy atom. The van der Waals surface area contributed by atoms with E-state index in [1.54, 1.807) is 0 Å². The first kappa shape index (κ1) is 11.9. The normalized spacial score (nSPS) is 17.8. The first-order chi connectivity index (χ1) is 7.79. The van der Waals surface area contributed by atoms with Crippen LogP contribution in [0.2, 0.25) is 0 Å². The summed E-state index contributed by atoms with van der Waals surface area (Å²) in [5.41, 5.74) is 1.35. The third kappa shape index (κ3) is 2.98. The molecular weight excluding hydrogens is 264 g/mol. The lowest BCUT2D eigenvalue weighted by Gasteiger charge is -2.36. The van der Waals surface area contributed by atoms with Gasteiger partial charge in [-0.1, -0.05) is 22.9 Å². The fourth-order valence-electron chi connectivity index (χ4n) is 2.20. The molecule has 1 heterocycles. The van der Waals surface area contributed by atoms with Crippen LogP contribution in [0.25, 0.3) is 0 Å². The summed E-state index contributed by atoms with van der Waals surface area (Å²) in [5, 5.41) is 0. The minimum absolute atomic E-state index is 1.15. The maximum Gasteiger partial charge on any atom is 0.0367 e. The summed E-state index contributed by atoms with van der Waals surface area (Å²) >= 11 is 3.47. The summed E-state index contributed by atoms with van der Waals surface area (Å²) in [6, 6.07) is 8.63. The fraction of sp³-hybridized carbons (Fsp3) is 0.538. The second-order valence-electron chi connectivity index (χ2n) is 4.31. The third-order valence-electron chi connectivity index (χ3n) is 3.10. The van der Waals surface area contributed by atoms with Crippen LogP contribution in [0.5, 0.6) is 0 Å². The molecule has 1 saturated heterocycles. The van der Waals surface area contributed by atoms with Crippen LogP contribution in [0.4, 0.5) is 5.69 Å². The van der Waals surface area contributed by atoms with Crippen molar-refractivity contribution in [3.63, 3.8) is 0 Å². The van der Waals surface area contributed by atoms with Crippen molar-refractivity contribution in [3.8, 4) is 0 Å². The van der Waals surface area contributed by atoms with Gasteiger partial charge in [0.1, 0.15) is 0 Å². The number of benzene rings is 1. The number of piperazine rings is 1. The zero-order valence-electron chi connectivity index (χ0n) is 9.82. The van der Waals surface area contributed by atoms with Crippen LogP contribution in [0.3, 0.4) is 0 Å². The second kappa shape index (κ2) is 5.69. The smallest absolute Gasteiger partial charge is 0.0367 e. The molecule has 0 aliphatic carbocycles. The molecule has 0 amide bonds. The van der Waals surface area contributed by atoms with Gasteiger partial charge in [0, 0.05) is 36.3 Å². The van der Waals surface area contributed by atoms with Crippen LogP contribution < -0.4 is 4.90 Å². The third-order valence-corrected chi connectivity index (χ3v) is 3.63. The summed E-state index contributed by atoms with van der Waals surface area (Å²) in [4.78, 5) is 5.02. The Morgan fingerprint density at radius 3 is 2.25 bits per heavy atom. The Morgan fingerprint density at radius 2 is 1.69 bits per heavy atom. The summed E-state index contributed by atoms with van der Waals surface area (Å²) in [6.45, 7) is 8.20. The molecule has 0 saturated carbocycles. The molecule has 0 unspecified atom stereocenters. The molecule has 0 bridgehead atoms. The van der Waals surface area contributed by atoms with Gasteiger partial charge in [-0.25, -0.2) is 0 Å². The summed E-state index contributed by atoms with van der Waals surface area (Å²) in [5.74, 6) is 0. The van der Waals surface area contributed by atoms with Crippen LogP contribution in [-0.4, -0.2) is 37.6 Å². The van der Waals surface area contributed by atoms with E-state index in [1.165, 1.54) is 31.7 Å². The van der Waals surface area contributed by atoms with Crippen molar-refractivity contribution in [2.45, 2.75) is 13.3 Å². The lowest BCUT2D eigenvalue weighted by molar-refractivity contribution is 0.258. The highest BCUT2D eigenvalue weighted by Crippen LogP contribution is 2.19. The summed E-state index contributed by atoms with van der Waals surface area (Å²) < 4.78 is 1.15. The highest BCUT2D eigenvalue weighted by molar-refractivity contribution is 9.10. The van der Waals surface area contributed by atoms with Crippen LogP contribution in [0.1, 0.15) is 13.3 Å². The molecule has 1 fully saturated rings. The van der Waals surface area contributed by atoms with Crippen molar-refractivity contribution in [3.05, 3.63) is 28.7 Å². The van der Waals surface area contributed by atoms with Crippen molar-refractivity contribution in [1.29, 1.82) is 0 Å². The number of hydrogen-bond acceptors (Lipinski definition) is 2. The van der Waals surface area contributed by atoms with Crippen molar-refractivity contribution in [2.24, 2.45) is 0 Å². The van der Waals surface area contributed by atoms with Gasteiger partial charge in [-0.15, -0.1) is 0 Å². The lowest BCUT2D eigenvalue weighted by Crippen LogP contribution is -2.46. The highest BCUT2D eigenvalue weighted by Gasteiger charge is 2.15. The Balaban J connectivity index is 1.91. The van der Waals surface area contributed by atoms with Gasteiger partial charge in [0.05, 0.1) is 0 Å². The average molecular weight is 283 g/mol. The van der Waals surface area contributed by atoms with E-state index in [1.807, 2.05) is 0 Å². The molecule has 1 aliphatic heterocycles. The van der Waals surface area contributed by atoms with E-state index >= 15 is 0 Å². The molecule has 0 aromatic heterocycles.